The molecule has 0 unspecified atom stereocenters. The smallest absolute Gasteiger partial charge is 0.253 e. The first-order valence-electron chi connectivity index (χ1n) is 8.34. The molecule has 0 spiro atoms. The van der Waals surface area contributed by atoms with Gasteiger partial charge >= 0.3 is 0 Å². The van der Waals surface area contributed by atoms with Crippen LogP contribution < -0.4 is 10.6 Å². The van der Waals surface area contributed by atoms with Crippen molar-refractivity contribution >= 4 is 29.3 Å². The molecule has 27 heavy (non-hydrogen) atoms. The third-order valence-electron chi connectivity index (χ3n) is 3.65. The number of amides is 2. The van der Waals surface area contributed by atoms with Crippen LogP contribution in [-0.2, 0) is 11.3 Å². The molecular weight excluding hydrogens is 362 g/mol. The average molecular weight is 381 g/mol. The summed E-state index contributed by atoms with van der Waals surface area (Å²) in [5, 5.41) is 12.9. The number of aromatic nitrogens is 3. The predicted molar refractivity (Wildman–Crippen MR) is 105 cm³/mol. The third kappa shape index (κ3) is 5.42. The van der Waals surface area contributed by atoms with Gasteiger partial charge in [-0.1, -0.05) is 54.2 Å². The van der Waals surface area contributed by atoms with E-state index < -0.39 is 0 Å². The first-order valence-corrected chi connectivity index (χ1v) is 9.33. The second-order valence-electron chi connectivity index (χ2n) is 5.75. The van der Waals surface area contributed by atoms with Crippen molar-refractivity contribution in [2.45, 2.75) is 18.6 Å². The number of benzene rings is 2. The van der Waals surface area contributed by atoms with E-state index in [4.69, 9.17) is 0 Å². The lowest BCUT2D eigenvalue weighted by Crippen LogP contribution is -2.25. The summed E-state index contributed by atoms with van der Waals surface area (Å²) >= 11 is 1.22. The summed E-state index contributed by atoms with van der Waals surface area (Å²) in [6.45, 7) is 2.21. The summed E-state index contributed by atoms with van der Waals surface area (Å²) in [5.74, 6) is 0.369. The molecule has 0 saturated heterocycles. The molecule has 0 atom stereocenters. The lowest BCUT2D eigenvalue weighted by Gasteiger charge is -2.11. The largest absolute Gasteiger partial charge is 0.348 e. The molecule has 1 aromatic heterocycles. The highest BCUT2D eigenvalue weighted by Gasteiger charge is 2.13. The van der Waals surface area contributed by atoms with Crippen molar-refractivity contribution in [3.63, 3.8) is 0 Å². The lowest BCUT2D eigenvalue weighted by molar-refractivity contribution is -0.113. The molecule has 3 aromatic rings. The van der Waals surface area contributed by atoms with Crippen LogP contribution >= 0.6 is 11.8 Å². The van der Waals surface area contributed by atoms with Crippen LogP contribution in [0.5, 0.6) is 0 Å². The number of carbonyl (C=O) groups is 2. The summed E-state index contributed by atoms with van der Waals surface area (Å²) in [6.07, 6.45) is 0. The van der Waals surface area contributed by atoms with Gasteiger partial charge in [0, 0.05) is 6.54 Å². The summed E-state index contributed by atoms with van der Waals surface area (Å²) in [4.78, 5) is 28.9. The fourth-order valence-electron chi connectivity index (χ4n) is 2.37. The molecule has 3 rings (SSSR count). The average Bonchev–Trinajstić information content (AvgIpc) is 3.11. The van der Waals surface area contributed by atoms with Gasteiger partial charge in [0.2, 0.25) is 11.1 Å². The van der Waals surface area contributed by atoms with Crippen LogP contribution in [-0.4, -0.2) is 32.7 Å². The number of carbonyl (C=O) groups excluding carboxylic acids is 2. The van der Waals surface area contributed by atoms with Gasteiger partial charge < -0.3 is 10.6 Å². The van der Waals surface area contributed by atoms with Gasteiger partial charge in [-0.15, -0.1) is 5.10 Å². The summed E-state index contributed by atoms with van der Waals surface area (Å²) in [6, 6.07) is 16.6. The van der Waals surface area contributed by atoms with E-state index >= 15 is 0 Å². The van der Waals surface area contributed by atoms with Crippen molar-refractivity contribution in [3.05, 3.63) is 71.5 Å². The van der Waals surface area contributed by atoms with Gasteiger partial charge in [-0.05, 0) is 24.6 Å². The number of nitrogens with one attached hydrogen (secondary N) is 3. The van der Waals surface area contributed by atoms with Crippen molar-refractivity contribution in [3.8, 4) is 0 Å². The first-order chi connectivity index (χ1) is 13.1. The lowest BCUT2D eigenvalue weighted by atomic mass is 10.1. The number of para-hydroxylation sites is 1. The highest BCUT2D eigenvalue weighted by atomic mass is 32.2. The molecule has 0 saturated carbocycles. The Kier molecular flexibility index (Phi) is 6.22. The second kappa shape index (κ2) is 9.00. The van der Waals surface area contributed by atoms with Gasteiger partial charge in [-0.25, -0.2) is 4.98 Å². The number of thioether (sulfide) groups is 1. The van der Waals surface area contributed by atoms with Crippen LogP contribution in [0.4, 0.5) is 5.69 Å². The Hall–Kier alpha value is -3.13. The maximum Gasteiger partial charge on any atom is 0.253 e. The van der Waals surface area contributed by atoms with Crippen molar-refractivity contribution < 1.29 is 9.59 Å². The number of H-pyrrole nitrogens is 1. The third-order valence-corrected chi connectivity index (χ3v) is 4.50. The molecule has 0 aliphatic heterocycles. The molecule has 3 N–H and O–H groups in total. The maximum atomic E-state index is 12.5. The number of nitrogens with zero attached hydrogens (tertiary/aromatic N) is 2. The molecule has 7 nitrogen and oxygen atoms in total. The molecular formula is C19H19N5O2S. The molecule has 8 heteroatoms. The minimum atomic E-state index is -0.244. The number of hydrogen-bond acceptors (Lipinski definition) is 5. The molecule has 2 amide bonds. The molecule has 0 fully saturated rings. The Morgan fingerprint density at radius 1 is 1.07 bits per heavy atom. The molecule has 1 heterocycles. The Morgan fingerprint density at radius 2 is 1.81 bits per heavy atom. The molecule has 2 aromatic carbocycles. The van der Waals surface area contributed by atoms with Crippen LogP contribution in [0.3, 0.4) is 0 Å². The fraction of sp³-hybridized carbons (Fsp3) is 0.158. The van der Waals surface area contributed by atoms with Gasteiger partial charge in [0.15, 0.2) is 0 Å². The standard InChI is InChI=1S/C19H19N5O2S/c1-13-21-19(24-23-13)27-12-17(25)22-16-10-6-5-9-15(16)18(26)20-11-14-7-3-2-4-8-14/h2-10H,11-12H2,1H3,(H,20,26)(H,22,25)(H,21,23,24). The van der Waals surface area contributed by atoms with Crippen molar-refractivity contribution in [2.75, 3.05) is 11.1 Å². The Morgan fingerprint density at radius 3 is 2.56 bits per heavy atom. The van der Waals surface area contributed by atoms with Crippen LogP contribution in [0.25, 0.3) is 0 Å². The zero-order valence-electron chi connectivity index (χ0n) is 14.7. The first kappa shape index (κ1) is 18.7. The van der Waals surface area contributed by atoms with Crippen molar-refractivity contribution in [1.29, 1.82) is 0 Å². The molecule has 0 radical (unpaired) electrons. The van der Waals surface area contributed by atoms with Crippen LogP contribution in [0.1, 0.15) is 21.7 Å². The summed E-state index contributed by atoms with van der Waals surface area (Å²) in [5.41, 5.74) is 1.89. The molecule has 0 bridgehead atoms. The Bertz CT molecular complexity index is 927. The van der Waals surface area contributed by atoms with E-state index in [-0.39, 0.29) is 17.6 Å². The van der Waals surface area contributed by atoms with E-state index in [2.05, 4.69) is 25.8 Å². The van der Waals surface area contributed by atoms with Crippen molar-refractivity contribution in [1.82, 2.24) is 20.5 Å². The number of hydrogen-bond donors (Lipinski definition) is 3. The molecule has 138 valence electrons. The predicted octanol–water partition coefficient (Wildman–Crippen LogP) is 2.77. The van der Waals surface area contributed by atoms with Gasteiger partial charge in [0.25, 0.3) is 5.91 Å². The summed E-state index contributed by atoms with van der Waals surface area (Å²) in [7, 11) is 0. The van der Waals surface area contributed by atoms with Crippen LogP contribution in [0.15, 0.2) is 59.8 Å². The van der Waals surface area contributed by atoms with Gasteiger partial charge in [0.05, 0.1) is 17.0 Å². The van der Waals surface area contributed by atoms with Crippen LogP contribution in [0.2, 0.25) is 0 Å². The van der Waals surface area contributed by atoms with Crippen LogP contribution in [0, 0.1) is 6.92 Å². The Balaban J connectivity index is 1.59. The minimum Gasteiger partial charge on any atom is -0.348 e. The number of aryl methyl sites for hydroxylation is 1. The van der Waals surface area contributed by atoms with E-state index in [9.17, 15) is 9.59 Å². The Labute approximate surface area is 161 Å². The monoisotopic (exact) mass is 381 g/mol. The number of aromatic amines is 1. The van der Waals surface area contributed by atoms with Gasteiger partial charge in [-0.3, -0.25) is 14.7 Å². The SMILES string of the molecule is Cc1nc(SCC(=O)Nc2ccccc2C(=O)NCc2ccccc2)n[nH]1. The van der Waals surface area contributed by atoms with Gasteiger partial charge in [0.1, 0.15) is 5.82 Å². The van der Waals surface area contributed by atoms with Crippen molar-refractivity contribution in [2.24, 2.45) is 0 Å². The van der Waals surface area contributed by atoms with E-state index in [1.165, 1.54) is 11.8 Å². The number of anilines is 1. The molecule has 0 aliphatic rings. The zero-order chi connectivity index (χ0) is 19.1. The highest BCUT2D eigenvalue weighted by Crippen LogP contribution is 2.17. The normalized spacial score (nSPS) is 10.4. The molecule has 0 aliphatic carbocycles. The minimum absolute atomic E-state index is 0.150. The maximum absolute atomic E-state index is 12.5. The highest BCUT2D eigenvalue weighted by molar-refractivity contribution is 7.99. The second-order valence-corrected chi connectivity index (χ2v) is 6.70. The summed E-state index contributed by atoms with van der Waals surface area (Å²) < 4.78 is 0. The zero-order valence-corrected chi connectivity index (χ0v) is 15.5. The van der Waals surface area contributed by atoms with E-state index in [0.717, 1.165) is 5.56 Å². The number of rotatable bonds is 7. The van der Waals surface area contributed by atoms with E-state index in [1.807, 2.05) is 30.3 Å². The topological polar surface area (TPSA) is 99.8 Å². The van der Waals surface area contributed by atoms with Gasteiger partial charge in [-0.2, -0.15) is 0 Å². The quantitative estimate of drug-likeness (QED) is 0.547. The van der Waals surface area contributed by atoms with E-state index in [1.54, 1.807) is 31.2 Å². The van der Waals surface area contributed by atoms with E-state index in [0.29, 0.717) is 28.8 Å². The fourth-order valence-corrected chi connectivity index (χ4v) is 3.01.